The van der Waals surface area contributed by atoms with Crippen LogP contribution in [-0.2, 0) is 19.5 Å². The summed E-state index contributed by atoms with van der Waals surface area (Å²) in [6.45, 7) is 4.25. The predicted octanol–water partition coefficient (Wildman–Crippen LogP) is 2.02. The number of benzene rings is 1. The number of carbonyl (C=O) groups excluding carboxylic acids is 1. The Morgan fingerprint density at radius 3 is 2.81 bits per heavy atom. The van der Waals surface area contributed by atoms with Crippen molar-refractivity contribution < 1.29 is 4.79 Å². The van der Waals surface area contributed by atoms with E-state index in [0.29, 0.717) is 23.0 Å². The minimum Gasteiger partial charge on any atom is -0.365 e. The number of rotatable bonds is 5. The van der Waals surface area contributed by atoms with Crippen LogP contribution < -0.4 is 11.3 Å². The summed E-state index contributed by atoms with van der Waals surface area (Å²) in [4.78, 5) is 37.2. The van der Waals surface area contributed by atoms with E-state index in [0.717, 1.165) is 25.3 Å². The fourth-order valence-corrected chi connectivity index (χ4v) is 4.39. The van der Waals surface area contributed by atoms with Gasteiger partial charge in [-0.15, -0.1) is 11.8 Å². The van der Waals surface area contributed by atoms with Gasteiger partial charge in [-0.3, -0.25) is 14.5 Å². The Morgan fingerprint density at radius 1 is 1.30 bits per heavy atom. The number of hydrogen-bond donors (Lipinski definition) is 3. The molecule has 0 saturated carbocycles. The van der Waals surface area contributed by atoms with E-state index in [2.05, 4.69) is 38.1 Å². The van der Waals surface area contributed by atoms with Gasteiger partial charge in [-0.1, -0.05) is 31.2 Å². The fourth-order valence-electron chi connectivity index (χ4n) is 3.59. The molecule has 4 rings (SSSR count). The van der Waals surface area contributed by atoms with Gasteiger partial charge in [-0.05, 0) is 23.3 Å². The average molecular weight is 383 g/mol. The van der Waals surface area contributed by atoms with Gasteiger partial charge in [-0.25, -0.2) is 4.98 Å². The first-order chi connectivity index (χ1) is 13.1. The Bertz CT molecular complexity index is 1070. The third-order valence-corrected chi connectivity index (χ3v) is 5.68. The topological polar surface area (TPSA) is 108 Å². The number of nitrogens with two attached hydrogens (primary N) is 1. The molecule has 2 aromatic heterocycles. The molecule has 1 aliphatic rings. The van der Waals surface area contributed by atoms with E-state index >= 15 is 0 Å². The Morgan fingerprint density at radius 2 is 2.07 bits per heavy atom. The predicted molar refractivity (Wildman–Crippen MR) is 106 cm³/mol. The van der Waals surface area contributed by atoms with Crippen molar-refractivity contribution in [1.82, 2.24) is 19.9 Å². The lowest BCUT2D eigenvalue weighted by molar-refractivity contribution is 0.0999. The van der Waals surface area contributed by atoms with Crippen LogP contribution in [0.25, 0.3) is 11.0 Å². The minimum absolute atomic E-state index is 0.226. The molecule has 1 aromatic carbocycles. The van der Waals surface area contributed by atoms with E-state index in [9.17, 15) is 9.59 Å². The number of hydrogen-bond acceptors (Lipinski definition) is 5. The van der Waals surface area contributed by atoms with Crippen molar-refractivity contribution in [3.05, 3.63) is 57.1 Å². The highest BCUT2D eigenvalue weighted by molar-refractivity contribution is 7.99. The number of aromatic nitrogens is 3. The lowest BCUT2D eigenvalue weighted by Gasteiger charge is -2.28. The maximum absolute atomic E-state index is 12.6. The molecule has 8 heteroatoms. The molecule has 7 nitrogen and oxygen atoms in total. The molecule has 0 atom stereocenters. The molecule has 0 radical (unpaired) electrons. The minimum atomic E-state index is -0.620. The Hall–Kier alpha value is -2.58. The first-order valence-corrected chi connectivity index (χ1v) is 9.92. The van der Waals surface area contributed by atoms with Crippen molar-refractivity contribution in [2.75, 3.05) is 12.3 Å². The van der Waals surface area contributed by atoms with E-state index < -0.39 is 5.91 Å². The van der Waals surface area contributed by atoms with Gasteiger partial charge >= 0.3 is 0 Å². The number of amides is 1. The van der Waals surface area contributed by atoms with Crippen molar-refractivity contribution in [2.45, 2.75) is 31.5 Å². The second kappa shape index (κ2) is 7.21. The maximum atomic E-state index is 12.6. The van der Waals surface area contributed by atoms with E-state index in [1.807, 2.05) is 13.0 Å². The molecule has 27 heavy (non-hydrogen) atoms. The van der Waals surface area contributed by atoms with Crippen LogP contribution >= 0.6 is 11.8 Å². The van der Waals surface area contributed by atoms with Gasteiger partial charge < -0.3 is 15.7 Å². The van der Waals surface area contributed by atoms with Gasteiger partial charge in [0.25, 0.3) is 11.5 Å². The monoisotopic (exact) mass is 383 g/mol. The highest BCUT2D eigenvalue weighted by atomic mass is 32.2. The number of fused-ring (bicyclic) bond motifs is 2. The van der Waals surface area contributed by atoms with Crippen LogP contribution in [0.15, 0.2) is 34.1 Å². The summed E-state index contributed by atoms with van der Waals surface area (Å²) in [5, 5.41) is 0.841. The fraction of sp³-hybridized carbons (Fsp3) is 0.316. The molecular weight excluding hydrogens is 362 g/mol. The lowest BCUT2D eigenvalue weighted by atomic mass is 10.00. The molecule has 0 unspecified atom stereocenters. The zero-order valence-corrected chi connectivity index (χ0v) is 15.9. The maximum Gasteiger partial charge on any atom is 0.261 e. The molecule has 4 N–H and O–H groups in total. The molecule has 0 aliphatic carbocycles. The quantitative estimate of drug-likeness (QED) is 0.584. The van der Waals surface area contributed by atoms with Gasteiger partial charge in [0.05, 0.1) is 22.5 Å². The summed E-state index contributed by atoms with van der Waals surface area (Å²) in [6, 6.07) is 8.41. The number of nitrogens with zero attached hydrogens (tertiary/aromatic N) is 2. The van der Waals surface area contributed by atoms with Crippen LogP contribution in [0.1, 0.15) is 34.2 Å². The van der Waals surface area contributed by atoms with E-state index in [4.69, 9.17) is 5.73 Å². The van der Waals surface area contributed by atoms with Crippen molar-refractivity contribution >= 4 is 28.7 Å². The van der Waals surface area contributed by atoms with Gasteiger partial charge in [0, 0.05) is 13.1 Å². The summed E-state index contributed by atoms with van der Waals surface area (Å²) >= 11 is 1.44. The average Bonchev–Trinajstić information content (AvgIpc) is 3.01. The van der Waals surface area contributed by atoms with Crippen LogP contribution in [0.2, 0.25) is 0 Å². The number of aromatic amines is 2. The largest absolute Gasteiger partial charge is 0.365 e. The molecule has 1 amide bonds. The van der Waals surface area contributed by atoms with Crippen molar-refractivity contribution in [3.63, 3.8) is 0 Å². The molecule has 0 spiro atoms. The molecule has 0 saturated heterocycles. The second-order valence-electron chi connectivity index (χ2n) is 6.59. The first kappa shape index (κ1) is 17.8. The molecular formula is C19H21N5O2S. The SMILES string of the molecule is CCSc1[nH]c2nc(CN3CCc4ccccc4C3)[nH]c(=O)c2c1C(N)=O. The highest BCUT2D eigenvalue weighted by Crippen LogP contribution is 2.27. The number of nitrogens with one attached hydrogen (secondary N) is 2. The van der Waals surface area contributed by atoms with Gasteiger partial charge in [0.2, 0.25) is 0 Å². The summed E-state index contributed by atoms with van der Waals surface area (Å²) < 4.78 is 0. The van der Waals surface area contributed by atoms with E-state index in [1.54, 1.807) is 0 Å². The molecule has 0 fully saturated rings. The van der Waals surface area contributed by atoms with E-state index in [-0.39, 0.29) is 16.5 Å². The van der Waals surface area contributed by atoms with Crippen LogP contribution in [0.5, 0.6) is 0 Å². The number of thioether (sulfide) groups is 1. The Labute approximate surface area is 160 Å². The Kier molecular flexibility index (Phi) is 4.75. The van der Waals surface area contributed by atoms with Crippen LogP contribution in [0, 0.1) is 0 Å². The standard InChI is InChI=1S/C19H21N5O2S/c1-2-27-19-14(16(20)25)15-17(23-19)21-13(22-18(15)26)10-24-8-7-11-5-3-4-6-12(11)9-24/h3-6H,2,7-10H2,1H3,(H2,20,25)(H2,21,22,23,26). The zero-order valence-electron chi connectivity index (χ0n) is 15.0. The second-order valence-corrected chi connectivity index (χ2v) is 7.87. The first-order valence-electron chi connectivity index (χ1n) is 8.93. The lowest BCUT2D eigenvalue weighted by Crippen LogP contribution is -2.31. The van der Waals surface area contributed by atoms with Crippen LogP contribution in [0.4, 0.5) is 0 Å². The van der Waals surface area contributed by atoms with Crippen molar-refractivity contribution in [1.29, 1.82) is 0 Å². The summed E-state index contributed by atoms with van der Waals surface area (Å²) in [7, 11) is 0. The van der Waals surface area contributed by atoms with Gasteiger partial charge in [-0.2, -0.15) is 0 Å². The van der Waals surface area contributed by atoms with E-state index in [1.165, 1.54) is 22.9 Å². The normalized spacial score (nSPS) is 14.4. The molecule has 0 bridgehead atoms. The molecule has 140 valence electrons. The highest BCUT2D eigenvalue weighted by Gasteiger charge is 2.22. The van der Waals surface area contributed by atoms with Crippen molar-refractivity contribution in [2.24, 2.45) is 5.73 Å². The smallest absolute Gasteiger partial charge is 0.261 e. The van der Waals surface area contributed by atoms with Crippen molar-refractivity contribution in [3.8, 4) is 0 Å². The van der Waals surface area contributed by atoms with Crippen LogP contribution in [-0.4, -0.2) is 38.1 Å². The molecule has 3 heterocycles. The number of carbonyl (C=O) groups is 1. The van der Waals surface area contributed by atoms with Crippen LogP contribution in [0.3, 0.4) is 0 Å². The summed E-state index contributed by atoms with van der Waals surface area (Å²) in [5.41, 5.74) is 8.49. The summed E-state index contributed by atoms with van der Waals surface area (Å²) in [5.74, 6) is 0.715. The Balaban J connectivity index is 1.66. The molecule has 1 aliphatic heterocycles. The zero-order chi connectivity index (χ0) is 19.0. The van der Waals surface area contributed by atoms with Gasteiger partial charge in [0.15, 0.2) is 0 Å². The van der Waals surface area contributed by atoms with Gasteiger partial charge in [0.1, 0.15) is 11.5 Å². The molecule has 3 aromatic rings. The number of primary amides is 1. The number of H-pyrrole nitrogens is 2. The summed E-state index contributed by atoms with van der Waals surface area (Å²) in [6.07, 6.45) is 0.980. The third kappa shape index (κ3) is 3.38. The third-order valence-electron chi connectivity index (χ3n) is 4.80.